The van der Waals surface area contributed by atoms with Crippen LogP contribution in [0.2, 0.25) is 0 Å². The van der Waals surface area contributed by atoms with Crippen LogP contribution in [0.25, 0.3) is 0 Å². The second-order valence-corrected chi connectivity index (χ2v) is 5.57. The Bertz CT molecular complexity index is 427. The van der Waals surface area contributed by atoms with Gasteiger partial charge < -0.3 is 4.74 Å². The van der Waals surface area contributed by atoms with Crippen molar-refractivity contribution in [1.82, 2.24) is 5.48 Å². The number of benzene rings is 1. The molecule has 1 aliphatic heterocycles. The summed E-state index contributed by atoms with van der Waals surface area (Å²) in [7, 11) is 0. The highest BCUT2D eigenvalue weighted by Gasteiger charge is 2.19. The second kappa shape index (κ2) is 5.93. The normalized spacial score (nSPS) is 20.3. The molecule has 0 aromatic heterocycles. The average Bonchev–Trinajstić information content (AvgIpc) is 3.09. The van der Waals surface area contributed by atoms with E-state index in [0.29, 0.717) is 6.10 Å². The maximum atomic E-state index is 5.85. The van der Waals surface area contributed by atoms with Gasteiger partial charge in [0.15, 0.2) is 0 Å². The lowest BCUT2D eigenvalue weighted by atomic mass is 10.0. The summed E-state index contributed by atoms with van der Waals surface area (Å²) in [6.45, 7) is 3.01. The van der Waals surface area contributed by atoms with Gasteiger partial charge in [0.2, 0.25) is 0 Å². The molecule has 0 saturated heterocycles. The van der Waals surface area contributed by atoms with Crippen LogP contribution < -0.4 is 10.2 Å². The minimum absolute atomic E-state index is 0.284. The lowest BCUT2D eigenvalue weighted by molar-refractivity contribution is -0.0415. The highest BCUT2D eigenvalue weighted by molar-refractivity contribution is 5.40. The standard InChI is InChI=1S/C16H23NO2/c1-2-15(17-19-14-5-3-4-6-14)12-7-8-16-13(11-12)9-10-18-16/h7-8,11,14-15,17H,2-6,9-10H2,1H3. The van der Waals surface area contributed by atoms with Crippen LogP contribution in [0.3, 0.4) is 0 Å². The predicted molar refractivity (Wildman–Crippen MR) is 75.1 cm³/mol. The van der Waals surface area contributed by atoms with E-state index in [1.807, 2.05) is 0 Å². The van der Waals surface area contributed by atoms with Crippen molar-refractivity contribution in [3.05, 3.63) is 29.3 Å². The van der Waals surface area contributed by atoms with Crippen molar-refractivity contribution in [2.45, 2.75) is 57.6 Å². The predicted octanol–water partition coefficient (Wildman–Crippen LogP) is 3.54. The number of fused-ring (bicyclic) bond motifs is 1. The van der Waals surface area contributed by atoms with Crippen LogP contribution in [-0.2, 0) is 11.3 Å². The smallest absolute Gasteiger partial charge is 0.122 e. The first-order chi connectivity index (χ1) is 9.36. The third-order valence-electron chi connectivity index (χ3n) is 4.20. The molecule has 3 rings (SSSR count). The van der Waals surface area contributed by atoms with Gasteiger partial charge in [-0.3, -0.25) is 4.84 Å². The maximum Gasteiger partial charge on any atom is 0.122 e. The summed E-state index contributed by atoms with van der Waals surface area (Å²) < 4.78 is 5.56. The monoisotopic (exact) mass is 261 g/mol. The Kier molecular flexibility index (Phi) is 4.04. The number of nitrogens with one attached hydrogen (secondary N) is 1. The van der Waals surface area contributed by atoms with Gasteiger partial charge in [-0.15, -0.1) is 0 Å². The van der Waals surface area contributed by atoms with Crippen molar-refractivity contribution in [2.24, 2.45) is 0 Å². The number of rotatable bonds is 5. The number of hydroxylamine groups is 1. The molecular weight excluding hydrogens is 238 g/mol. The first kappa shape index (κ1) is 12.9. The van der Waals surface area contributed by atoms with Crippen molar-refractivity contribution in [3.8, 4) is 5.75 Å². The highest BCUT2D eigenvalue weighted by Crippen LogP contribution is 2.29. The molecule has 1 aromatic rings. The van der Waals surface area contributed by atoms with Crippen LogP contribution in [0, 0.1) is 0 Å². The first-order valence-corrected chi connectivity index (χ1v) is 7.53. The Hall–Kier alpha value is -1.06. The Morgan fingerprint density at radius 1 is 1.37 bits per heavy atom. The summed E-state index contributed by atoms with van der Waals surface area (Å²) in [5.74, 6) is 1.05. The minimum Gasteiger partial charge on any atom is -0.493 e. The van der Waals surface area contributed by atoms with Crippen LogP contribution in [-0.4, -0.2) is 12.7 Å². The molecule has 1 atom stereocenters. The Balaban J connectivity index is 1.64. The molecule has 0 spiro atoms. The van der Waals surface area contributed by atoms with Gasteiger partial charge in [-0.05, 0) is 36.5 Å². The van der Waals surface area contributed by atoms with E-state index >= 15 is 0 Å². The lowest BCUT2D eigenvalue weighted by Crippen LogP contribution is -2.26. The number of ether oxygens (including phenoxy) is 1. The van der Waals surface area contributed by atoms with Crippen molar-refractivity contribution in [1.29, 1.82) is 0 Å². The third kappa shape index (κ3) is 2.93. The van der Waals surface area contributed by atoms with Crippen molar-refractivity contribution in [3.63, 3.8) is 0 Å². The fourth-order valence-corrected chi connectivity index (χ4v) is 2.99. The average molecular weight is 261 g/mol. The second-order valence-electron chi connectivity index (χ2n) is 5.57. The molecule has 1 aromatic carbocycles. The fourth-order valence-electron chi connectivity index (χ4n) is 2.99. The zero-order chi connectivity index (χ0) is 13.1. The van der Waals surface area contributed by atoms with E-state index in [1.165, 1.54) is 36.8 Å². The molecule has 104 valence electrons. The molecule has 1 heterocycles. The van der Waals surface area contributed by atoms with Gasteiger partial charge in [-0.1, -0.05) is 31.9 Å². The molecule has 1 fully saturated rings. The molecule has 3 nitrogen and oxygen atoms in total. The van der Waals surface area contributed by atoms with E-state index in [2.05, 4.69) is 30.6 Å². The van der Waals surface area contributed by atoms with Gasteiger partial charge >= 0.3 is 0 Å². The van der Waals surface area contributed by atoms with Gasteiger partial charge in [0.1, 0.15) is 5.75 Å². The molecule has 3 heteroatoms. The largest absolute Gasteiger partial charge is 0.493 e. The number of hydrogen-bond donors (Lipinski definition) is 1. The molecular formula is C16H23NO2. The van der Waals surface area contributed by atoms with E-state index in [1.54, 1.807) is 0 Å². The molecule has 19 heavy (non-hydrogen) atoms. The van der Waals surface area contributed by atoms with Crippen LogP contribution in [0.5, 0.6) is 5.75 Å². The summed E-state index contributed by atoms with van der Waals surface area (Å²) in [5.41, 5.74) is 5.92. The van der Waals surface area contributed by atoms with Crippen molar-refractivity contribution < 1.29 is 9.57 Å². The first-order valence-electron chi connectivity index (χ1n) is 7.53. The molecule has 2 aliphatic rings. The highest BCUT2D eigenvalue weighted by atomic mass is 16.7. The molecule has 1 N–H and O–H groups in total. The maximum absolute atomic E-state index is 5.85. The fraction of sp³-hybridized carbons (Fsp3) is 0.625. The van der Waals surface area contributed by atoms with Crippen LogP contribution in [0.4, 0.5) is 0 Å². The van der Waals surface area contributed by atoms with Crippen LogP contribution in [0.1, 0.15) is 56.2 Å². The van der Waals surface area contributed by atoms with Gasteiger partial charge in [0.25, 0.3) is 0 Å². The SMILES string of the molecule is CCC(NOC1CCCC1)c1ccc2c(c1)CCO2. The summed E-state index contributed by atoms with van der Waals surface area (Å²) in [4.78, 5) is 5.85. The summed E-state index contributed by atoms with van der Waals surface area (Å²) in [5, 5.41) is 0. The summed E-state index contributed by atoms with van der Waals surface area (Å²) in [6.07, 6.45) is 7.48. The molecule has 1 aliphatic carbocycles. The Morgan fingerprint density at radius 2 is 2.21 bits per heavy atom. The van der Waals surface area contributed by atoms with Gasteiger partial charge in [-0.2, -0.15) is 5.48 Å². The van der Waals surface area contributed by atoms with Gasteiger partial charge in [-0.25, -0.2) is 0 Å². The molecule has 0 bridgehead atoms. The third-order valence-corrected chi connectivity index (χ3v) is 4.20. The zero-order valence-corrected chi connectivity index (χ0v) is 11.7. The lowest BCUT2D eigenvalue weighted by Gasteiger charge is -2.20. The molecule has 0 amide bonds. The summed E-state index contributed by atoms with van der Waals surface area (Å²) >= 11 is 0. The molecule has 1 unspecified atom stereocenters. The zero-order valence-electron chi connectivity index (χ0n) is 11.7. The summed E-state index contributed by atoms with van der Waals surface area (Å²) in [6, 6.07) is 6.80. The van der Waals surface area contributed by atoms with Gasteiger partial charge in [0, 0.05) is 6.42 Å². The van der Waals surface area contributed by atoms with E-state index in [9.17, 15) is 0 Å². The quantitative estimate of drug-likeness (QED) is 0.822. The molecule has 0 radical (unpaired) electrons. The van der Waals surface area contributed by atoms with Gasteiger partial charge in [0.05, 0.1) is 18.8 Å². The van der Waals surface area contributed by atoms with Crippen LogP contribution in [0.15, 0.2) is 18.2 Å². The van der Waals surface area contributed by atoms with Crippen molar-refractivity contribution >= 4 is 0 Å². The Morgan fingerprint density at radius 3 is 3.00 bits per heavy atom. The minimum atomic E-state index is 0.284. The Labute approximate surface area is 115 Å². The van der Waals surface area contributed by atoms with E-state index < -0.39 is 0 Å². The number of hydrogen-bond acceptors (Lipinski definition) is 3. The van der Waals surface area contributed by atoms with Crippen molar-refractivity contribution in [2.75, 3.05) is 6.61 Å². The van der Waals surface area contributed by atoms with E-state index in [0.717, 1.165) is 25.2 Å². The topological polar surface area (TPSA) is 30.5 Å². The van der Waals surface area contributed by atoms with E-state index in [4.69, 9.17) is 9.57 Å². The molecule has 1 saturated carbocycles. The van der Waals surface area contributed by atoms with E-state index in [-0.39, 0.29) is 6.04 Å². The van der Waals surface area contributed by atoms with Crippen LogP contribution >= 0.6 is 0 Å².